The van der Waals surface area contributed by atoms with Crippen LogP contribution >= 0.6 is 22.6 Å². The molecule has 6 heteroatoms. The molecule has 0 aromatic carbocycles. The number of carbonyl (C=O) groups excluding carboxylic acids is 1. The van der Waals surface area contributed by atoms with Crippen molar-refractivity contribution in [3.8, 4) is 0 Å². The first kappa shape index (κ1) is 15.4. The summed E-state index contributed by atoms with van der Waals surface area (Å²) in [6.45, 7) is 7.49. The molecular formula is C12H20IN3O2. The van der Waals surface area contributed by atoms with Gasteiger partial charge in [0.2, 0.25) is 0 Å². The molecule has 0 aliphatic rings. The van der Waals surface area contributed by atoms with Gasteiger partial charge in [0, 0.05) is 12.7 Å². The molecule has 1 heterocycles. The molecule has 0 amide bonds. The predicted molar refractivity (Wildman–Crippen MR) is 78.3 cm³/mol. The van der Waals surface area contributed by atoms with E-state index >= 15 is 0 Å². The number of aromatic nitrogens is 2. The molecule has 0 spiro atoms. The van der Waals surface area contributed by atoms with E-state index in [1.165, 1.54) is 0 Å². The summed E-state index contributed by atoms with van der Waals surface area (Å²) in [5.74, 6) is -0.200. The summed E-state index contributed by atoms with van der Waals surface area (Å²) < 4.78 is 8.06. The zero-order chi connectivity index (χ0) is 13.6. The molecular weight excluding hydrogens is 345 g/mol. The number of nitrogens with zero attached hydrogens (tertiary/aromatic N) is 2. The van der Waals surface area contributed by atoms with Crippen molar-refractivity contribution in [2.45, 2.75) is 39.3 Å². The number of aryl methyl sites for hydroxylation is 1. The Hall–Kier alpha value is -0.630. The quantitative estimate of drug-likeness (QED) is 0.592. The molecule has 0 fully saturated rings. The number of hydrogen-bond acceptors (Lipinski definition) is 4. The van der Waals surface area contributed by atoms with Crippen molar-refractivity contribution in [2.24, 2.45) is 0 Å². The van der Waals surface area contributed by atoms with Crippen LogP contribution < -0.4 is 5.32 Å². The van der Waals surface area contributed by atoms with Crippen LogP contribution in [0, 0.1) is 3.57 Å². The van der Waals surface area contributed by atoms with Gasteiger partial charge in [0.15, 0.2) is 0 Å². The van der Waals surface area contributed by atoms with Crippen LogP contribution in [0.5, 0.6) is 0 Å². The molecule has 0 aliphatic heterocycles. The van der Waals surface area contributed by atoms with Crippen LogP contribution in [0.2, 0.25) is 0 Å². The van der Waals surface area contributed by atoms with Gasteiger partial charge in [0.05, 0.1) is 16.4 Å². The maximum atomic E-state index is 12.0. The third-order valence-corrected chi connectivity index (χ3v) is 3.29. The summed E-state index contributed by atoms with van der Waals surface area (Å²) in [5, 5.41) is 7.42. The smallest absolute Gasteiger partial charge is 0.326 e. The summed E-state index contributed by atoms with van der Waals surface area (Å²) in [6.07, 6.45) is 4.41. The van der Waals surface area contributed by atoms with E-state index in [2.05, 4.69) is 33.0 Å². The zero-order valence-corrected chi connectivity index (χ0v) is 13.2. The van der Waals surface area contributed by atoms with Gasteiger partial charge in [-0.15, -0.1) is 0 Å². The standard InChI is InChI=1S/C12H20IN3O2/c1-4-14-12(3,11(17)18-5-2)6-7-16-9-10(13)8-15-16/h8-9,14H,4-7H2,1-3H3. The highest BCUT2D eigenvalue weighted by atomic mass is 127. The Bertz CT molecular complexity index is 394. The summed E-state index contributed by atoms with van der Waals surface area (Å²) in [7, 11) is 0. The van der Waals surface area contributed by atoms with Gasteiger partial charge in [0.25, 0.3) is 0 Å². The SMILES string of the molecule is CCNC(C)(CCn1cc(I)cn1)C(=O)OCC. The lowest BCUT2D eigenvalue weighted by Gasteiger charge is -2.28. The lowest BCUT2D eigenvalue weighted by atomic mass is 9.98. The highest BCUT2D eigenvalue weighted by Gasteiger charge is 2.33. The van der Waals surface area contributed by atoms with E-state index in [4.69, 9.17) is 4.74 Å². The molecule has 1 aromatic rings. The minimum atomic E-state index is -0.651. The number of hydrogen-bond donors (Lipinski definition) is 1. The highest BCUT2D eigenvalue weighted by molar-refractivity contribution is 14.1. The monoisotopic (exact) mass is 365 g/mol. The molecule has 1 N–H and O–H groups in total. The van der Waals surface area contributed by atoms with Crippen molar-refractivity contribution in [3.63, 3.8) is 0 Å². The lowest BCUT2D eigenvalue weighted by molar-refractivity contribution is -0.150. The molecule has 0 aliphatic carbocycles. The molecule has 18 heavy (non-hydrogen) atoms. The third-order valence-electron chi connectivity index (χ3n) is 2.74. The molecule has 0 saturated carbocycles. The van der Waals surface area contributed by atoms with Crippen LogP contribution in [0.25, 0.3) is 0 Å². The molecule has 1 aromatic heterocycles. The first-order valence-corrected chi connectivity index (χ1v) is 7.20. The van der Waals surface area contributed by atoms with Gasteiger partial charge in [-0.2, -0.15) is 5.10 Å². The number of likely N-dealkylation sites (N-methyl/N-ethyl adjacent to an activating group) is 1. The van der Waals surface area contributed by atoms with Gasteiger partial charge in [0.1, 0.15) is 5.54 Å². The Morgan fingerprint density at radius 2 is 2.33 bits per heavy atom. The van der Waals surface area contributed by atoms with E-state index in [1.54, 1.807) is 6.20 Å². The summed E-state index contributed by atoms with van der Waals surface area (Å²) >= 11 is 2.21. The molecule has 1 atom stereocenters. The van der Waals surface area contributed by atoms with Crippen molar-refractivity contribution in [2.75, 3.05) is 13.2 Å². The fraction of sp³-hybridized carbons (Fsp3) is 0.667. The second kappa shape index (κ2) is 7.08. The number of halogens is 1. The van der Waals surface area contributed by atoms with Gasteiger partial charge in [-0.3, -0.25) is 9.48 Å². The topological polar surface area (TPSA) is 56.2 Å². The zero-order valence-electron chi connectivity index (χ0n) is 11.1. The Labute approximate surface area is 121 Å². The summed E-state index contributed by atoms with van der Waals surface area (Å²) in [5.41, 5.74) is -0.651. The Kier molecular flexibility index (Phi) is 6.07. The molecule has 5 nitrogen and oxygen atoms in total. The number of carbonyl (C=O) groups is 1. The largest absolute Gasteiger partial charge is 0.465 e. The number of ether oxygens (including phenoxy) is 1. The molecule has 0 saturated heterocycles. The first-order chi connectivity index (χ1) is 8.51. The van der Waals surface area contributed by atoms with E-state index < -0.39 is 5.54 Å². The molecule has 0 bridgehead atoms. The first-order valence-electron chi connectivity index (χ1n) is 6.12. The lowest BCUT2D eigenvalue weighted by Crippen LogP contribution is -2.51. The molecule has 102 valence electrons. The minimum absolute atomic E-state index is 0.200. The van der Waals surface area contributed by atoms with Crippen LogP contribution in [-0.2, 0) is 16.1 Å². The minimum Gasteiger partial charge on any atom is -0.465 e. The van der Waals surface area contributed by atoms with Gasteiger partial charge in [-0.1, -0.05) is 6.92 Å². The third kappa shape index (κ3) is 4.24. The maximum Gasteiger partial charge on any atom is 0.326 e. The maximum absolute atomic E-state index is 12.0. The van der Waals surface area contributed by atoms with Gasteiger partial charge < -0.3 is 10.1 Å². The van der Waals surface area contributed by atoms with E-state index in [-0.39, 0.29) is 5.97 Å². The van der Waals surface area contributed by atoms with Gasteiger partial charge in [-0.25, -0.2) is 0 Å². The predicted octanol–water partition coefficient (Wildman–Crippen LogP) is 1.81. The van der Waals surface area contributed by atoms with E-state index in [1.807, 2.05) is 31.6 Å². The molecule has 0 radical (unpaired) electrons. The Morgan fingerprint density at radius 3 is 2.83 bits per heavy atom. The van der Waals surface area contributed by atoms with Crippen molar-refractivity contribution < 1.29 is 9.53 Å². The van der Waals surface area contributed by atoms with Gasteiger partial charge in [-0.05, 0) is 49.4 Å². The second-order valence-corrected chi connectivity index (χ2v) is 5.50. The van der Waals surface area contributed by atoms with Crippen LogP contribution in [0.1, 0.15) is 27.2 Å². The summed E-state index contributed by atoms with van der Waals surface area (Å²) in [4.78, 5) is 12.0. The van der Waals surface area contributed by atoms with E-state index in [9.17, 15) is 4.79 Å². The fourth-order valence-corrected chi connectivity index (χ4v) is 2.19. The van der Waals surface area contributed by atoms with Crippen molar-refractivity contribution in [1.29, 1.82) is 0 Å². The average molecular weight is 365 g/mol. The van der Waals surface area contributed by atoms with Crippen LogP contribution in [0.4, 0.5) is 0 Å². The molecule has 1 unspecified atom stereocenters. The second-order valence-electron chi connectivity index (χ2n) is 4.25. The molecule has 1 rings (SSSR count). The normalized spacial score (nSPS) is 14.2. The average Bonchev–Trinajstić information content (AvgIpc) is 2.73. The Balaban J connectivity index is 2.64. The number of nitrogens with one attached hydrogen (secondary N) is 1. The fourth-order valence-electron chi connectivity index (χ4n) is 1.74. The van der Waals surface area contributed by atoms with E-state index in [0.717, 1.165) is 10.1 Å². The Morgan fingerprint density at radius 1 is 1.61 bits per heavy atom. The van der Waals surface area contributed by atoms with E-state index in [0.29, 0.717) is 19.6 Å². The number of rotatable bonds is 7. The number of esters is 1. The van der Waals surface area contributed by atoms with Crippen molar-refractivity contribution >= 4 is 28.6 Å². The van der Waals surface area contributed by atoms with Crippen LogP contribution in [0.15, 0.2) is 12.4 Å². The van der Waals surface area contributed by atoms with Crippen LogP contribution in [0.3, 0.4) is 0 Å². The van der Waals surface area contributed by atoms with Gasteiger partial charge >= 0.3 is 5.97 Å². The van der Waals surface area contributed by atoms with Crippen LogP contribution in [-0.4, -0.2) is 34.4 Å². The van der Waals surface area contributed by atoms with Crippen molar-refractivity contribution in [1.82, 2.24) is 15.1 Å². The highest BCUT2D eigenvalue weighted by Crippen LogP contribution is 2.14. The van der Waals surface area contributed by atoms with Crippen molar-refractivity contribution in [3.05, 3.63) is 16.0 Å². The summed E-state index contributed by atoms with van der Waals surface area (Å²) in [6, 6.07) is 0.